The molecule has 0 unspecified atom stereocenters. The Morgan fingerprint density at radius 1 is 1.42 bits per heavy atom. The van der Waals surface area contributed by atoms with Crippen LogP contribution < -0.4 is 10.5 Å². The van der Waals surface area contributed by atoms with E-state index in [1.54, 1.807) is 0 Å². The van der Waals surface area contributed by atoms with Gasteiger partial charge in [-0.3, -0.25) is 0 Å². The topological polar surface area (TPSA) is 74.2 Å². The average molecular weight is 326 g/mol. The normalized spacial score (nSPS) is 10.7. The molecule has 0 atom stereocenters. The molecular weight excluding hydrogens is 310 g/mol. The second-order valence-electron chi connectivity index (χ2n) is 4.10. The average Bonchev–Trinajstić information content (AvgIpc) is 2.86. The first-order valence-corrected chi connectivity index (χ1v) is 6.95. The van der Waals surface area contributed by atoms with Crippen LogP contribution in [0.1, 0.15) is 30.6 Å². The number of nitrogens with two attached hydrogens (primary N) is 1. The minimum Gasteiger partial charge on any atom is -0.484 e. The Balaban J connectivity index is 1.97. The first kappa shape index (κ1) is 14.0. The zero-order chi connectivity index (χ0) is 13.7. The van der Waals surface area contributed by atoms with Crippen LogP contribution in [0, 0.1) is 0 Å². The van der Waals surface area contributed by atoms with Crippen molar-refractivity contribution < 1.29 is 9.26 Å². The summed E-state index contributed by atoms with van der Waals surface area (Å²) in [4.78, 5) is 4.24. The molecule has 0 bridgehead atoms. The van der Waals surface area contributed by atoms with Crippen molar-refractivity contribution in [3.05, 3.63) is 40.0 Å². The largest absolute Gasteiger partial charge is 0.484 e. The monoisotopic (exact) mass is 325 g/mol. The Kier molecular flexibility index (Phi) is 4.93. The van der Waals surface area contributed by atoms with Gasteiger partial charge in [0.1, 0.15) is 5.75 Å². The number of aryl methyl sites for hydroxylation is 1. The fraction of sp³-hybridized carbons (Fsp3) is 0.385. The van der Waals surface area contributed by atoms with Crippen LogP contribution in [0.3, 0.4) is 0 Å². The van der Waals surface area contributed by atoms with E-state index in [0.717, 1.165) is 34.5 Å². The van der Waals surface area contributed by atoms with Gasteiger partial charge in [0.25, 0.3) is 5.89 Å². The van der Waals surface area contributed by atoms with Crippen LogP contribution in [0.25, 0.3) is 0 Å². The van der Waals surface area contributed by atoms with E-state index in [9.17, 15) is 0 Å². The lowest BCUT2D eigenvalue weighted by atomic mass is 10.2. The van der Waals surface area contributed by atoms with Crippen LogP contribution in [0.15, 0.2) is 27.2 Å². The van der Waals surface area contributed by atoms with Crippen LogP contribution in [0.2, 0.25) is 0 Å². The summed E-state index contributed by atoms with van der Waals surface area (Å²) in [5, 5.41) is 3.87. The highest BCUT2D eigenvalue weighted by Gasteiger charge is 2.07. The maximum atomic E-state index is 5.64. The summed E-state index contributed by atoms with van der Waals surface area (Å²) in [6, 6.07) is 5.67. The zero-order valence-electron chi connectivity index (χ0n) is 10.7. The van der Waals surface area contributed by atoms with Gasteiger partial charge in [-0.25, -0.2) is 0 Å². The van der Waals surface area contributed by atoms with Gasteiger partial charge in [0.05, 0.1) is 0 Å². The molecule has 19 heavy (non-hydrogen) atoms. The maximum absolute atomic E-state index is 5.64. The number of hydrogen-bond donors (Lipinski definition) is 1. The SMILES string of the molecule is CCCc1noc(COc2ccc(Br)c(CN)c2)n1. The van der Waals surface area contributed by atoms with Crippen molar-refractivity contribution in [1.82, 2.24) is 10.1 Å². The number of ether oxygens (including phenoxy) is 1. The van der Waals surface area contributed by atoms with Crippen molar-refractivity contribution in [3.8, 4) is 5.75 Å². The molecule has 0 fully saturated rings. The summed E-state index contributed by atoms with van der Waals surface area (Å²) in [6.45, 7) is 2.80. The van der Waals surface area contributed by atoms with Crippen molar-refractivity contribution >= 4 is 15.9 Å². The van der Waals surface area contributed by atoms with E-state index in [1.807, 2.05) is 18.2 Å². The first-order chi connectivity index (χ1) is 9.22. The standard InChI is InChI=1S/C13H16BrN3O2/c1-2-3-12-16-13(19-17-12)8-18-10-4-5-11(14)9(6-10)7-15/h4-6H,2-3,7-8,15H2,1H3. The second kappa shape index (κ2) is 6.68. The van der Waals surface area contributed by atoms with Gasteiger partial charge >= 0.3 is 0 Å². The molecule has 102 valence electrons. The molecule has 0 saturated carbocycles. The number of aromatic nitrogens is 2. The van der Waals surface area contributed by atoms with Crippen LogP contribution in [-0.2, 0) is 19.6 Å². The Labute approximate surface area is 120 Å². The zero-order valence-corrected chi connectivity index (χ0v) is 12.3. The fourth-order valence-electron chi connectivity index (χ4n) is 1.62. The Hall–Kier alpha value is -1.40. The van der Waals surface area contributed by atoms with Gasteiger partial charge in [-0.1, -0.05) is 28.0 Å². The third-order valence-electron chi connectivity index (χ3n) is 2.58. The highest BCUT2D eigenvalue weighted by Crippen LogP contribution is 2.22. The van der Waals surface area contributed by atoms with Gasteiger partial charge in [-0.15, -0.1) is 0 Å². The number of hydrogen-bond acceptors (Lipinski definition) is 5. The molecule has 0 aliphatic rings. The van der Waals surface area contributed by atoms with E-state index in [0.29, 0.717) is 12.4 Å². The molecule has 0 amide bonds. The molecular formula is C13H16BrN3O2. The second-order valence-corrected chi connectivity index (χ2v) is 4.95. The molecule has 2 aromatic rings. The molecule has 1 heterocycles. The lowest BCUT2D eigenvalue weighted by Gasteiger charge is -2.06. The smallest absolute Gasteiger partial charge is 0.264 e. The van der Waals surface area contributed by atoms with E-state index in [4.69, 9.17) is 15.0 Å². The highest BCUT2D eigenvalue weighted by molar-refractivity contribution is 9.10. The van der Waals surface area contributed by atoms with Crippen molar-refractivity contribution in [2.75, 3.05) is 0 Å². The molecule has 0 aliphatic heterocycles. The third kappa shape index (κ3) is 3.78. The van der Waals surface area contributed by atoms with E-state index in [2.05, 4.69) is 33.0 Å². The summed E-state index contributed by atoms with van der Waals surface area (Å²) in [6.07, 6.45) is 1.81. The molecule has 2 N–H and O–H groups in total. The van der Waals surface area contributed by atoms with Gasteiger partial charge in [0.2, 0.25) is 0 Å². The van der Waals surface area contributed by atoms with Gasteiger partial charge in [-0.2, -0.15) is 4.98 Å². The predicted molar refractivity (Wildman–Crippen MR) is 74.7 cm³/mol. The lowest BCUT2D eigenvalue weighted by Crippen LogP contribution is -2.00. The van der Waals surface area contributed by atoms with E-state index in [1.165, 1.54) is 0 Å². The molecule has 0 radical (unpaired) electrons. The quantitative estimate of drug-likeness (QED) is 0.883. The Morgan fingerprint density at radius 2 is 2.26 bits per heavy atom. The summed E-state index contributed by atoms with van der Waals surface area (Å²) >= 11 is 3.43. The summed E-state index contributed by atoms with van der Waals surface area (Å²) in [5.74, 6) is 1.94. The molecule has 6 heteroatoms. The van der Waals surface area contributed by atoms with Gasteiger partial charge in [0, 0.05) is 17.4 Å². The van der Waals surface area contributed by atoms with Crippen LogP contribution in [0.5, 0.6) is 5.75 Å². The maximum Gasteiger partial charge on any atom is 0.264 e. The fourth-order valence-corrected chi connectivity index (χ4v) is 2.02. The van der Waals surface area contributed by atoms with E-state index < -0.39 is 0 Å². The minimum absolute atomic E-state index is 0.266. The van der Waals surface area contributed by atoms with E-state index in [-0.39, 0.29) is 6.61 Å². The Morgan fingerprint density at radius 3 is 3.00 bits per heavy atom. The molecule has 5 nitrogen and oxygen atoms in total. The first-order valence-electron chi connectivity index (χ1n) is 6.15. The minimum atomic E-state index is 0.266. The lowest BCUT2D eigenvalue weighted by molar-refractivity contribution is 0.242. The van der Waals surface area contributed by atoms with Crippen LogP contribution in [0.4, 0.5) is 0 Å². The van der Waals surface area contributed by atoms with Gasteiger partial charge in [-0.05, 0) is 30.2 Å². The number of benzene rings is 1. The number of nitrogens with zero attached hydrogens (tertiary/aromatic N) is 2. The van der Waals surface area contributed by atoms with Crippen LogP contribution >= 0.6 is 15.9 Å². The van der Waals surface area contributed by atoms with Gasteiger partial charge in [0.15, 0.2) is 12.4 Å². The summed E-state index contributed by atoms with van der Waals surface area (Å²) in [5.41, 5.74) is 6.63. The summed E-state index contributed by atoms with van der Waals surface area (Å²) < 4.78 is 11.7. The van der Waals surface area contributed by atoms with E-state index >= 15 is 0 Å². The van der Waals surface area contributed by atoms with Crippen molar-refractivity contribution in [2.24, 2.45) is 5.73 Å². The highest BCUT2D eigenvalue weighted by atomic mass is 79.9. The number of halogens is 1. The molecule has 0 saturated heterocycles. The molecule has 1 aromatic heterocycles. The molecule has 1 aromatic carbocycles. The van der Waals surface area contributed by atoms with Crippen LogP contribution in [-0.4, -0.2) is 10.1 Å². The van der Waals surface area contributed by atoms with Crippen molar-refractivity contribution in [1.29, 1.82) is 0 Å². The number of rotatable bonds is 6. The third-order valence-corrected chi connectivity index (χ3v) is 3.36. The predicted octanol–water partition coefficient (Wildman–Crippen LogP) is 2.82. The molecule has 0 spiro atoms. The molecule has 2 rings (SSSR count). The Bertz CT molecular complexity index is 542. The summed E-state index contributed by atoms with van der Waals surface area (Å²) in [7, 11) is 0. The molecule has 0 aliphatic carbocycles. The van der Waals surface area contributed by atoms with Crippen molar-refractivity contribution in [2.45, 2.75) is 32.9 Å². The van der Waals surface area contributed by atoms with Gasteiger partial charge < -0.3 is 15.0 Å². The van der Waals surface area contributed by atoms with Crippen molar-refractivity contribution in [3.63, 3.8) is 0 Å².